The summed E-state index contributed by atoms with van der Waals surface area (Å²) in [7, 11) is 0. The zero-order chi connectivity index (χ0) is 24.9. The Balaban J connectivity index is 1.36. The van der Waals surface area contributed by atoms with Gasteiger partial charge in [0.2, 0.25) is 17.8 Å². The summed E-state index contributed by atoms with van der Waals surface area (Å²) < 4.78 is 0. The molecule has 0 unspecified atom stereocenters. The monoisotopic (exact) mass is 489 g/mol. The van der Waals surface area contributed by atoms with E-state index in [0.29, 0.717) is 29.2 Å². The summed E-state index contributed by atoms with van der Waals surface area (Å²) >= 11 is 0. The summed E-state index contributed by atoms with van der Waals surface area (Å²) in [5, 5.41) is 25.9. The molecule has 188 valence electrons. The van der Waals surface area contributed by atoms with E-state index >= 15 is 0 Å². The van der Waals surface area contributed by atoms with Gasteiger partial charge in [0.25, 0.3) is 5.91 Å². The number of rotatable bonds is 6. The van der Waals surface area contributed by atoms with Crippen molar-refractivity contribution in [2.45, 2.75) is 38.5 Å². The van der Waals surface area contributed by atoms with E-state index in [0.717, 1.165) is 51.9 Å². The Hall–Kier alpha value is -4.08. The molecule has 0 bridgehead atoms. The molecule has 0 spiro atoms. The topological polar surface area (TPSA) is 127 Å². The van der Waals surface area contributed by atoms with Gasteiger partial charge in [-0.2, -0.15) is 15.0 Å². The second-order valence-corrected chi connectivity index (χ2v) is 9.21. The molecule has 2 aliphatic heterocycles. The van der Waals surface area contributed by atoms with Crippen molar-refractivity contribution in [3.8, 4) is 11.5 Å². The highest BCUT2D eigenvalue weighted by atomic mass is 16.3. The molecule has 3 heterocycles. The third kappa shape index (κ3) is 5.59. The van der Waals surface area contributed by atoms with Crippen molar-refractivity contribution >= 4 is 35.1 Å². The van der Waals surface area contributed by atoms with Crippen molar-refractivity contribution in [2.75, 3.05) is 46.6 Å². The van der Waals surface area contributed by atoms with E-state index in [1.807, 2.05) is 0 Å². The van der Waals surface area contributed by atoms with Gasteiger partial charge in [0.1, 0.15) is 11.5 Å². The van der Waals surface area contributed by atoms with Crippen molar-refractivity contribution in [3.63, 3.8) is 0 Å². The lowest BCUT2D eigenvalue weighted by atomic mass is 10.1. The molecule has 10 nitrogen and oxygen atoms in total. The average molecular weight is 490 g/mol. The number of carbonyl (C=O) groups excluding carboxylic acids is 1. The third-order valence-corrected chi connectivity index (χ3v) is 6.51. The van der Waals surface area contributed by atoms with Crippen LogP contribution >= 0.6 is 0 Å². The molecule has 2 fully saturated rings. The lowest BCUT2D eigenvalue weighted by Gasteiger charge is -2.30. The molecule has 1 aromatic heterocycles. The first-order chi connectivity index (χ1) is 17.5. The Morgan fingerprint density at radius 2 is 1.28 bits per heavy atom. The summed E-state index contributed by atoms with van der Waals surface area (Å²) in [6.45, 7) is 3.70. The zero-order valence-electron chi connectivity index (χ0n) is 20.2. The number of aromatic nitrogens is 3. The van der Waals surface area contributed by atoms with Crippen LogP contribution in [0.3, 0.4) is 0 Å². The van der Waals surface area contributed by atoms with Crippen LogP contribution < -0.4 is 20.4 Å². The maximum atomic E-state index is 12.6. The van der Waals surface area contributed by atoms with Gasteiger partial charge in [-0.25, -0.2) is 0 Å². The first-order valence-corrected chi connectivity index (χ1v) is 12.5. The summed E-state index contributed by atoms with van der Waals surface area (Å²) in [6.07, 6.45) is 6.92. The van der Waals surface area contributed by atoms with E-state index in [2.05, 4.69) is 30.4 Å². The maximum absolute atomic E-state index is 12.6. The Labute approximate surface area is 210 Å². The standard InChI is InChI=1S/C26H31N7O3/c34-20-10-7-18(8-11-20)27-23(36)21-12-9-19(17-22(21)35)28-24-29-25(32-13-3-1-4-14-32)31-26(30-24)33-15-5-2-6-16-33/h7-12,17,34-35H,1-6,13-16H2,(H,27,36)(H,28,29,30,31). The van der Waals surface area contributed by atoms with Crippen LogP contribution in [0.5, 0.6) is 11.5 Å². The van der Waals surface area contributed by atoms with Crippen molar-refractivity contribution < 1.29 is 15.0 Å². The second kappa shape index (κ2) is 10.7. The fourth-order valence-electron chi connectivity index (χ4n) is 4.55. The van der Waals surface area contributed by atoms with Gasteiger partial charge in [0, 0.05) is 43.6 Å². The number of amides is 1. The molecule has 0 atom stereocenters. The fraction of sp³-hybridized carbons (Fsp3) is 0.385. The van der Waals surface area contributed by atoms with Crippen LogP contribution in [0.15, 0.2) is 42.5 Å². The van der Waals surface area contributed by atoms with Gasteiger partial charge in [-0.05, 0) is 74.9 Å². The Morgan fingerprint density at radius 1 is 0.722 bits per heavy atom. The number of carbonyl (C=O) groups is 1. The van der Waals surface area contributed by atoms with Gasteiger partial charge in [-0.3, -0.25) is 4.79 Å². The van der Waals surface area contributed by atoms with Crippen LogP contribution in [0.1, 0.15) is 48.9 Å². The van der Waals surface area contributed by atoms with Crippen LogP contribution in [0, 0.1) is 0 Å². The lowest BCUT2D eigenvalue weighted by Crippen LogP contribution is -2.34. The molecule has 4 N–H and O–H groups in total. The highest BCUT2D eigenvalue weighted by Crippen LogP contribution is 2.27. The van der Waals surface area contributed by atoms with Crippen LogP contribution in [0.25, 0.3) is 0 Å². The Bertz CT molecular complexity index is 1170. The molecule has 0 radical (unpaired) electrons. The summed E-state index contributed by atoms with van der Waals surface area (Å²) in [5.41, 5.74) is 1.21. The van der Waals surface area contributed by atoms with Crippen molar-refractivity contribution in [2.24, 2.45) is 0 Å². The molecule has 0 aliphatic carbocycles. The Kier molecular flexibility index (Phi) is 7.01. The van der Waals surface area contributed by atoms with Crippen LogP contribution in [-0.4, -0.2) is 57.3 Å². The summed E-state index contributed by atoms with van der Waals surface area (Å²) in [5.74, 6) is 1.23. The zero-order valence-corrected chi connectivity index (χ0v) is 20.2. The fourth-order valence-corrected chi connectivity index (χ4v) is 4.55. The van der Waals surface area contributed by atoms with Gasteiger partial charge in [0.05, 0.1) is 5.56 Å². The molecule has 2 aromatic carbocycles. The molecule has 1 amide bonds. The second-order valence-electron chi connectivity index (χ2n) is 9.21. The van der Waals surface area contributed by atoms with Gasteiger partial charge in [-0.1, -0.05) is 0 Å². The number of hydrogen-bond acceptors (Lipinski definition) is 9. The molecular weight excluding hydrogens is 458 g/mol. The predicted octanol–water partition coefficient (Wildman–Crippen LogP) is 4.26. The number of aromatic hydroxyl groups is 2. The van der Waals surface area contributed by atoms with Gasteiger partial charge in [0.15, 0.2) is 0 Å². The summed E-state index contributed by atoms with van der Waals surface area (Å²) in [4.78, 5) is 31.2. The number of piperidine rings is 2. The molecule has 10 heteroatoms. The van der Waals surface area contributed by atoms with Crippen LogP contribution in [0.4, 0.5) is 29.2 Å². The highest BCUT2D eigenvalue weighted by Gasteiger charge is 2.21. The first kappa shape index (κ1) is 23.7. The largest absolute Gasteiger partial charge is 0.508 e. The van der Waals surface area contributed by atoms with Crippen molar-refractivity contribution in [1.82, 2.24) is 15.0 Å². The first-order valence-electron chi connectivity index (χ1n) is 12.5. The predicted molar refractivity (Wildman–Crippen MR) is 139 cm³/mol. The average Bonchev–Trinajstić information content (AvgIpc) is 2.91. The molecule has 5 rings (SSSR count). The number of phenolic OH excluding ortho intramolecular Hbond substituents is 2. The number of nitrogens with one attached hydrogen (secondary N) is 2. The number of phenols is 2. The van der Waals surface area contributed by atoms with Crippen molar-refractivity contribution in [3.05, 3.63) is 48.0 Å². The quantitative estimate of drug-likeness (QED) is 0.376. The van der Waals surface area contributed by atoms with E-state index in [-0.39, 0.29) is 17.1 Å². The number of hydrogen-bond donors (Lipinski definition) is 4. The molecule has 2 saturated heterocycles. The van der Waals surface area contributed by atoms with Gasteiger partial charge in [-0.15, -0.1) is 0 Å². The van der Waals surface area contributed by atoms with Crippen LogP contribution in [0.2, 0.25) is 0 Å². The van der Waals surface area contributed by atoms with Crippen molar-refractivity contribution in [1.29, 1.82) is 0 Å². The maximum Gasteiger partial charge on any atom is 0.259 e. The third-order valence-electron chi connectivity index (χ3n) is 6.51. The minimum Gasteiger partial charge on any atom is -0.508 e. The smallest absolute Gasteiger partial charge is 0.259 e. The highest BCUT2D eigenvalue weighted by molar-refractivity contribution is 6.06. The normalized spacial score (nSPS) is 16.0. The number of benzene rings is 2. The van der Waals surface area contributed by atoms with Gasteiger partial charge >= 0.3 is 0 Å². The molecular formula is C26H31N7O3. The van der Waals surface area contributed by atoms with Crippen LogP contribution in [-0.2, 0) is 0 Å². The van der Waals surface area contributed by atoms with E-state index < -0.39 is 5.91 Å². The van der Waals surface area contributed by atoms with E-state index in [9.17, 15) is 15.0 Å². The van der Waals surface area contributed by atoms with Gasteiger partial charge < -0.3 is 30.6 Å². The van der Waals surface area contributed by atoms with E-state index in [4.69, 9.17) is 4.98 Å². The van der Waals surface area contributed by atoms with E-state index in [1.165, 1.54) is 31.0 Å². The molecule has 2 aliphatic rings. The summed E-state index contributed by atoms with van der Waals surface area (Å²) in [6, 6.07) is 10.9. The molecule has 3 aromatic rings. The number of nitrogens with zero attached hydrogens (tertiary/aromatic N) is 5. The minimum atomic E-state index is -0.454. The minimum absolute atomic E-state index is 0.108. The Morgan fingerprint density at radius 3 is 1.83 bits per heavy atom. The lowest BCUT2D eigenvalue weighted by molar-refractivity contribution is 0.102. The molecule has 36 heavy (non-hydrogen) atoms. The number of anilines is 5. The molecule has 0 saturated carbocycles. The SMILES string of the molecule is O=C(Nc1ccc(O)cc1)c1ccc(Nc2nc(N3CCCCC3)nc(N3CCCCC3)n2)cc1O. The van der Waals surface area contributed by atoms with E-state index in [1.54, 1.807) is 24.3 Å².